The molecule has 3 rings (SSSR count). The number of aryl methyl sites for hydroxylation is 1. The first-order valence-electron chi connectivity index (χ1n) is 7.83. The molecule has 1 aliphatic rings. The van der Waals surface area contributed by atoms with Crippen molar-refractivity contribution in [2.24, 2.45) is 0 Å². The maximum Gasteiger partial charge on any atom is 0.272 e. The fourth-order valence-electron chi connectivity index (χ4n) is 3.09. The van der Waals surface area contributed by atoms with Crippen LogP contribution in [-0.4, -0.2) is 56.5 Å². The van der Waals surface area contributed by atoms with E-state index in [1.807, 2.05) is 32.1 Å². The van der Waals surface area contributed by atoms with E-state index in [4.69, 9.17) is 0 Å². The average molecular weight is 314 g/mol. The third-order valence-electron chi connectivity index (χ3n) is 4.07. The molecule has 2 aromatic heterocycles. The van der Waals surface area contributed by atoms with Crippen molar-refractivity contribution in [2.75, 3.05) is 20.6 Å². The van der Waals surface area contributed by atoms with Gasteiger partial charge in [-0.15, -0.1) is 0 Å². The quantitative estimate of drug-likeness (QED) is 0.926. The Bertz CT molecular complexity index is 682. The van der Waals surface area contributed by atoms with E-state index in [1.54, 1.807) is 12.3 Å². The number of aromatic nitrogens is 4. The van der Waals surface area contributed by atoms with Crippen LogP contribution in [0.4, 0.5) is 0 Å². The van der Waals surface area contributed by atoms with Crippen molar-refractivity contribution in [2.45, 2.75) is 32.4 Å². The van der Waals surface area contributed by atoms with Crippen molar-refractivity contribution >= 4 is 5.91 Å². The van der Waals surface area contributed by atoms with Crippen LogP contribution in [0.2, 0.25) is 0 Å². The second-order valence-electron chi connectivity index (χ2n) is 6.19. The lowest BCUT2D eigenvalue weighted by atomic mass is 10.1. The Morgan fingerprint density at radius 1 is 1.48 bits per heavy atom. The highest BCUT2D eigenvalue weighted by Gasteiger charge is 2.33. The molecule has 1 aliphatic heterocycles. The lowest BCUT2D eigenvalue weighted by molar-refractivity contribution is 0.0725. The first-order valence-corrected chi connectivity index (χ1v) is 7.83. The number of aromatic amines is 1. The van der Waals surface area contributed by atoms with Gasteiger partial charge in [0.2, 0.25) is 0 Å². The predicted octanol–water partition coefficient (Wildman–Crippen LogP) is 1.55. The van der Waals surface area contributed by atoms with Crippen LogP contribution >= 0.6 is 0 Å². The molecular weight excluding hydrogens is 292 g/mol. The second-order valence-corrected chi connectivity index (χ2v) is 6.19. The summed E-state index contributed by atoms with van der Waals surface area (Å²) >= 11 is 0. The molecule has 0 aliphatic carbocycles. The molecule has 23 heavy (non-hydrogen) atoms. The Hall–Kier alpha value is -2.28. The molecule has 0 spiro atoms. The third kappa shape index (κ3) is 3.24. The van der Waals surface area contributed by atoms with Crippen LogP contribution in [-0.2, 0) is 6.54 Å². The average Bonchev–Trinajstić information content (AvgIpc) is 3.19. The number of carbonyl (C=O) groups excluding carboxylic acids is 1. The standard InChI is InChI=1S/C16H22N6O/c1-11-17-9-12(10-21(2)3)15(19-11)14-5-4-8-22(14)16(23)13-6-7-18-20-13/h6-7,9,14H,4-5,8,10H2,1-3H3,(H,18,20). The summed E-state index contributed by atoms with van der Waals surface area (Å²) in [6, 6.07) is 1.71. The number of likely N-dealkylation sites (tertiary alicyclic amines) is 1. The SMILES string of the molecule is Cc1ncc(CN(C)C)c(C2CCCN2C(=O)c2ccn[nH]2)n1. The van der Waals surface area contributed by atoms with Gasteiger partial charge >= 0.3 is 0 Å². The normalized spacial score (nSPS) is 17.9. The summed E-state index contributed by atoms with van der Waals surface area (Å²) in [6.45, 7) is 3.39. The van der Waals surface area contributed by atoms with Crippen molar-refractivity contribution in [3.05, 3.63) is 41.2 Å². The minimum Gasteiger partial charge on any atom is -0.329 e. The van der Waals surface area contributed by atoms with Crippen molar-refractivity contribution in [1.29, 1.82) is 0 Å². The monoisotopic (exact) mass is 314 g/mol. The minimum atomic E-state index is -0.0166. The molecule has 0 radical (unpaired) electrons. The number of H-pyrrole nitrogens is 1. The van der Waals surface area contributed by atoms with E-state index in [1.165, 1.54) is 0 Å². The lowest BCUT2D eigenvalue weighted by Crippen LogP contribution is -2.32. The molecule has 1 fully saturated rings. The maximum absolute atomic E-state index is 12.7. The lowest BCUT2D eigenvalue weighted by Gasteiger charge is -2.26. The van der Waals surface area contributed by atoms with Gasteiger partial charge in [-0.1, -0.05) is 0 Å². The van der Waals surface area contributed by atoms with E-state index in [9.17, 15) is 4.79 Å². The minimum absolute atomic E-state index is 0.00227. The van der Waals surface area contributed by atoms with Crippen LogP contribution in [0.3, 0.4) is 0 Å². The van der Waals surface area contributed by atoms with Gasteiger partial charge in [0.1, 0.15) is 11.5 Å². The van der Waals surface area contributed by atoms with Gasteiger partial charge in [0.25, 0.3) is 5.91 Å². The zero-order valence-corrected chi connectivity index (χ0v) is 13.8. The topological polar surface area (TPSA) is 78.0 Å². The van der Waals surface area contributed by atoms with Crippen LogP contribution < -0.4 is 0 Å². The summed E-state index contributed by atoms with van der Waals surface area (Å²) in [5.74, 6) is 0.723. The summed E-state index contributed by atoms with van der Waals surface area (Å²) in [7, 11) is 4.04. The number of amides is 1. The van der Waals surface area contributed by atoms with Crippen LogP contribution in [0.15, 0.2) is 18.5 Å². The van der Waals surface area contributed by atoms with Crippen LogP contribution in [0.1, 0.15) is 46.5 Å². The van der Waals surface area contributed by atoms with E-state index < -0.39 is 0 Å². The molecule has 122 valence electrons. The molecule has 7 heteroatoms. The van der Waals surface area contributed by atoms with E-state index in [2.05, 4.69) is 25.1 Å². The van der Waals surface area contributed by atoms with Crippen molar-refractivity contribution in [1.82, 2.24) is 30.0 Å². The third-order valence-corrected chi connectivity index (χ3v) is 4.07. The Kier molecular flexibility index (Phi) is 4.38. The van der Waals surface area contributed by atoms with Gasteiger partial charge in [-0.05, 0) is 39.9 Å². The fraction of sp³-hybridized carbons (Fsp3) is 0.500. The number of hydrogen-bond donors (Lipinski definition) is 1. The Balaban J connectivity index is 1.93. The van der Waals surface area contributed by atoms with Crippen LogP contribution in [0.5, 0.6) is 0 Å². The van der Waals surface area contributed by atoms with Gasteiger partial charge in [-0.25, -0.2) is 9.97 Å². The molecule has 0 saturated carbocycles. The van der Waals surface area contributed by atoms with Crippen molar-refractivity contribution in [3.8, 4) is 0 Å². The molecule has 1 atom stereocenters. The molecule has 1 unspecified atom stereocenters. The molecule has 0 bridgehead atoms. The molecule has 1 amide bonds. The maximum atomic E-state index is 12.7. The number of nitrogens with one attached hydrogen (secondary N) is 1. The molecule has 1 N–H and O–H groups in total. The summed E-state index contributed by atoms with van der Waals surface area (Å²) in [4.78, 5) is 25.7. The van der Waals surface area contributed by atoms with E-state index in [0.717, 1.165) is 43.0 Å². The highest BCUT2D eigenvalue weighted by Crippen LogP contribution is 2.33. The fourth-order valence-corrected chi connectivity index (χ4v) is 3.09. The highest BCUT2D eigenvalue weighted by molar-refractivity contribution is 5.92. The van der Waals surface area contributed by atoms with Crippen molar-refractivity contribution in [3.63, 3.8) is 0 Å². The van der Waals surface area contributed by atoms with Crippen LogP contribution in [0.25, 0.3) is 0 Å². The number of rotatable bonds is 4. The second kappa shape index (κ2) is 6.45. The number of nitrogens with zero attached hydrogens (tertiary/aromatic N) is 5. The Morgan fingerprint density at radius 2 is 2.30 bits per heavy atom. The smallest absolute Gasteiger partial charge is 0.272 e. The van der Waals surface area contributed by atoms with Gasteiger partial charge in [-0.3, -0.25) is 9.89 Å². The molecule has 0 aromatic carbocycles. The summed E-state index contributed by atoms with van der Waals surface area (Å²) in [5.41, 5.74) is 2.57. The molecule has 2 aromatic rings. The molecular formula is C16H22N6O. The molecule has 3 heterocycles. The predicted molar refractivity (Wildman–Crippen MR) is 85.8 cm³/mol. The largest absolute Gasteiger partial charge is 0.329 e. The van der Waals surface area contributed by atoms with E-state index in [-0.39, 0.29) is 11.9 Å². The summed E-state index contributed by atoms with van der Waals surface area (Å²) < 4.78 is 0. The molecule has 1 saturated heterocycles. The van der Waals surface area contributed by atoms with E-state index >= 15 is 0 Å². The van der Waals surface area contributed by atoms with Crippen LogP contribution in [0, 0.1) is 6.92 Å². The first-order chi connectivity index (χ1) is 11.1. The van der Waals surface area contributed by atoms with Gasteiger partial charge in [0, 0.05) is 31.0 Å². The number of carbonyl (C=O) groups is 1. The van der Waals surface area contributed by atoms with Crippen molar-refractivity contribution < 1.29 is 4.79 Å². The Labute approximate surface area is 135 Å². The zero-order chi connectivity index (χ0) is 16.4. The number of hydrogen-bond acceptors (Lipinski definition) is 5. The highest BCUT2D eigenvalue weighted by atomic mass is 16.2. The summed E-state index contributed by atoms with van der Waals surface area (Å²) in [6.07, 6.45) is 5.39. The first kappa shape index (κ1) is 15.6. The molecule has 7 nitrogen and oxygen atoms in total. The zero-order valence-electron chi connectivity index (χ0n) is 13.8. The van der Waals surface area contributed by atoms with Gasteiger partial charge in [-0.2, -0.15) is 5.10 Å². The van der Waals surface area contributed by atoms with Gasteiger partial charge < -0.3 is 9.80 Å². The summed E-state index contributed by atoms with van der Waals surface area (Å²) in [5, 5.41) is 6.64. The van der Waals surface area contributed by atoms with Gasteiger partial charge in [0.05, 0.1) is 11.7 Å². The van der Waals surface area contributed by atoms with Gasteiger partial charge in [0.15, 0.2) is 0 Å². The van der Waals surface area contributed by atoms with E-state index in [0.29, 0.717) is 5.69 Å². The Morgan fingerprint density at radius 3 is 3.00 bits per heavy atom.